The number of carbonyl (C=O) groups is 1. The van der Waals surface area contributed by atoms with Crippen molar-refractivity contribution >= 4 is 16.4 Å². The molecule has 0 aliphatic rings. The molecule has 138 valence electrons. The second kappa shape index (κ2) is 13.7. The van der Waals surface area contributed by atoms with Gasteiger partial charge in [0.05, 0.1) is 19.6 Å². The zero-order valence-corrected chi connectivity index (χ0v) is 15.3. The summed E-state index contributed by atoms with van der Waals surface area (Å²) in [5, 5.41) is 0. The zero-order valence-electron chi connectivity index (χ0n) is 14.5. The minimum Gasteiger partial charge on any atom is -0.465 e. The maximum Gasteiger partial charge on any atom is 0.397 e. The highest BCUT2D eigenvalue weighted by Crippen LogP contribution is 2.17. The highest BCUT2D eigenvalue weighted by Gasteiger charge is 2.13. The normalized spacial score (nSPS) is 13.0. The molecule has 0 bridgehead atoms. The Morgan fingerprint density at radius 1 is 1.00 bits per heavy atom. The Balaban J connectivity index is 3.82. The fourth-order valence-electron chi connectivity index (χ4n) is 2.45. The van der Waals surface area contributed by atoms with Crippen LogP contribution in [0.1, 0.15) is 78.1 Å². The van der Waals surface area contributed by atoms with Crippen LogP contribution in [0.4, 0.5) is 0 Å². The molecule has 0 aliphatic heterocycles. The molecule has 0 amide bonds. The van der Waals surface area contributed by atoms with Crippen molar-refractivity contribution in [1.29, 1.82) is 0 Å². The highest BCUT2D eigenvalue weighted by molar-refractivity contribution is 7.80. The van der Waals surface area contributed by atoms with Gasteiger partial charge in [-0.05, 0) is 18.8 Å². The SMILES string of the molecule is CCCCCCCCC(CCC)COC(=O)CCOS(=O)(=O)O. The van der Waals surface area contributed by atoms with Gasteiger partial charge in [0.1, 0.15) is 0 Å². The standard InChI is InChI=1S/C16H32O6S/c1-3-5-6-7-8-9-11-15(10-4-2)14-21-16(17)12-13-22-23(18,19)20/h15H,3-14H2,1-2H3,(H,18,19,20). The van der Waals surface area contributed by atoms with Gasteiger partial charge in [0.2, 0.25) is 0 Å². The molecule has 0 aliphatic carbocycles. The molecule has 0 aromatic rings. The lowest BCUT2D eigenvalue weighted by molar-refractivity contribution is -0.145. The third kappa shape index (κ3) is 16.0. The van der Waals surface area contributed by atoms with Crippen LogP contribution in [0.15, 0.2) is 0 Å². The number of esters is 1. The summed E-state index contributed by atoms with van der Waals surface area (Å²) in [4.78, 5) is 11.5. The first-order chi connectivity index (χ1) is 10.9. The predicted molar refractivity (Wildman–Crippen MR) is 89.5 cm³/mol. The summed E-state index contributed by atoms with van der Waals surface area (Å²) >= 11 is 0. The van der Waals surface area contributed by atoms with Crippen LogP contribution in [0.3, 0.4) is 0 Å². The summed E-state index contributed by atoms with van der Waals surface area (Å²) in [6, 6.07) is 0. The molecule has 0 spiro atoms. The third-order valence-corrected chi connectivity index (χ3v) is 4.15. The second-order valence-corrected chi connectivity index (χ2v) is 6.99. The van der Waals surface area contributed by atoms with E-state index in [1.54, 1.807) is 0 Å². The predicted octanol–water partition coefficient (Wildman–Crippen LogP) is 3.91. The maximum absolute atomic E-state index is 11.5. The van der Waals surface area contributed by atoms with E-state index >= 15 is 0 Å². The lowest BCUT2D eigenvalue weighted by Crippen LogP contribution is -2.16. The van der Waals surface area contributed by atoms with E-state index in [9.17, 15) is 13.2 Å². The van der Waals surface area contributed by atoms with Crippen LogP contribution in [0.2, 0.25) is 0 Å². The van der Waals surface area contributed by atoms with Crippen LogP contribution in [-0.4, -0.2) is 32.2 Å². The average Bonchev–Trinajstić information content (AvgIpc) is 2.46. The minimum atomic E-state index is -4.49. The lowest BCUT2D eigenvalue weighted by atomic mass is 9.97. The van der Waals surface area contributed by atoms with Gasteiger partial charge in [-0.15, -0.1) is 0 Å². The Morgan fingerprint density at radius 3 is 2.26 bits per heavy atom. The Hall–Kier alpha value is -0.660. The number of hydrogen-bond donors (Lipinski definition) is 1. The summed E-state index contributed by atoms with van der Waals surface area (Å²) in [5.41, 5.74) is 0. The van der Waals surface area contributed by atoms with Crippen LogP contribution < -0.4 is 0 Å². The second-order valence-electron chi connectivity index (χ2n) is 5.89. The molecule has 0 heterocycles. The van der Waals surface area contributed by atoms with E-state index in [0.29, 0.717) is 12.5 Å². The Kier molecular flexibility index (Phi) is 13.4. The number of ether oxygens (including phenoxy) is 1. The van der Waals surface area contributed by atoms with Gasteiger partial charge in [-0.1, -0.05) is 58.8 Å². The van der Waals surface area contributed by atoms with Crippen LogP contribution in [0.5, 0.6) is 0 Å². The molecular formula is C16H32O6S. The summed E-state index contributed by atoms with van der Waals surface area (Å²) < 4.78 is 38.4. The number of hydrogen-bond acceptors (Lipinski definition) is 5. The van der Waals surface area contributed by atoms with Gasteiger partial charge in [-0.2, -0.15) is 8.42 Å². The minimum absolute atomic E-state index is 0.185. The molecule has 0 fully saturated rings. The van der Waals surface area contributed by atoms with Gasteiger partial charge >= 0.3 is 16.4 Å². The average molecular weight is 352 g/mol. The fourth-order valence-corrected chi connectivity index (χ4v) is 2.74. The van der Waals surface area contributed by atoms with Crippen molar-refractivity contribution in [2.75, 3.05) is 13.2 Å². The van der Waals surface area contributed by atoms with Crippen molar-refractivity contribution < 1.29 is 26.7 Å². The molecule has 0 radical (unpaired) electrons. The van der Waals surface area contributed by atoms with Gasteiger partial charge in [0, 0.05) is 0 Å². The zero-order chi connectivity index (χ0) is 17.6. The molecule has 6 nitrogen and oxygen atoms in total. The van der Waals surface area contributed by atoms with Crippen LogP contribution in [-0.2, 0) is 24.1 Å². The van der Waals surface area contributed by atoms with Crippen molar-refractivity contribution in [2.45, 2.75) is 78.1 Å². The third-order valence-electron chi connectivity index (χ3n) is 3.68. The fraction of sp³-hybridized carbons (Fsp3) is 0.938. The van der Waals surface area contributed by atoms with E-state index in [1.165, 1.54) is 32.1 Å². The molecule has 1 unspecified atom stereocenters. The van der Waals surface area contributed by atoms with Crippen molar-refractivity contribution in [3.05, 3.63) is 0 Å². The first-order valence-corrected chi connectivity index (χ1v) is 10.0. The highest BCUT2D eigenvalue weighted by atomic mass is 32.3. The first-order valence-electron chi connectivity index (χ1n) is 8.66. The van der Waals surface area contributed by atoms with Crippen LogP contribution in [0, 0.1) is 5.92 Å². The Morgan fingerprint density at radius 2 is 1.65 bits per heavy atom. The van der Waals surface area contributed by atoms with Crippen LogP contribution >= 0.6 is 0 Å². The van der Waals surface area contributed by atoms with E-state index in [4.69, 9.17) is 9.29 Å². The number of carbonyl (C=O) groups excluding carboxylic acids is 1. The first kappa shape index (κ1) is 22.3. The molecule has 0 rings (SSSR count). The molecule has 0 saturated carbocycles. The lowest BCUT2D eigenvalue weighted by Gasteiger charge is -2.16. The topological polar surface area (TPSA) is 89.9 Å². The Bertz CT molecular complexity index is 393. The molecule has 0 saturated heterocycles. The summed E-state index contributed by atoms with van der Waals surface area (Å²) in [7, 11) is -4.49. The molecule has 7 heteroatoms. The van der Waals surface area contributed by atoms with E-state index in [1.807, 2.05) is 0 Å². The quantitative estimate of drug-likeness (QED) is 0.273. The van der Waals surface area contributed by atoms with Crippen LogP contribution in [0.25, 0.3) is 0 Å². The van der Waals surface area contributed by atoms with Crippen molar-refractivity contribution in [3.63, 3.8) is 0 Å². The molecular weight excluding hydrogens is 320 g/mol. The van der Waals surface area contributed by atoms with Gasteiger partial charge in [-0.25, -0.2) is 4.18 Å². The molecule has 1 atom stereocenters. The maximum atomic E-state index is 11.5. The van der Waals surface area contributed by atoms with E-state index in [2.05, 4.69) is 18.0 Å². The van der Waals surface area contributed by atoms with Gasteiger partial charge < -0.3 is 4.74 Å². The molecule has 23 heavy (non-hydrogen) atoms. The van der Waals surface area contributed by atoms with Crippen molar-refractivity contribution in [2.24, 2.45) is 5.92 Å². The molecule has 0 aromatic carbocycles. The monoisotopic (exact) mass is 352 g/mol. The van der Waals surface area contributed by atoms with Crippen molar-refractivity contribution in [1.82, 2.24) is 0 Å². The van der Waals surface area contributed by atoms with Crippen molar-refractivity contribution in [3.8, 4) is 0 Å². The molecule has 0 aromatic heterocycles. The Labute approximate surface area is 140 Å². The van der Waals surface area contributed by atoms with Gasteiger partial charge in [-0.3, -0.25) is 9.35 Å². The summed E-state index contributed by atoms with van der Waals surface area (Å²) in [6.07, 6.45) is 10.4. The van der Waals surface area contributed by atoms with E-state index in [-0.39, 0.29) is 6.42 Å². The van der Waals surface area contributed by atoms with Gasteiger partial charge in [0.15, 0.2) is 0 Å². The number of rotatable bonds is 15. The van der Waals surface area contributed by atoms with Gasteiger partial charge in [0.25, 0.3) is 0 Å². The van der Waals surface area contributed by atoms with E-state index in [0.717, 1.165) is 25.7 Å². The largest absolute Gasteiger partial charge is 0.465 e. The summed E-state index contributed by atoms with van der Waals surface area (Å²) in [5.74, 6) is -0.143. The van der Waals surface area contributed by atoms with E-state index < -0.39 is 23.0 Å². The molecule has 1 N–H and O–H groups in total. The summed E-state index contributed by atoms with van der Waals surface area (Å²) in [6.45, 7) is 4.28. The smallest absolute Gasteiger partial charge is 0.397 e. The number of unbranched alkanes of at least 4 members (excludes halogenated alkanes) is 5.